The zero-order valence-electron chi connectivity index (χ0n) is 13.2. The number of carbonyl (C=O) groups is 1. The predicted molar refractivity (Wildman–Crippen MR) is 86.6 cm³/mol. The van der Waals surface area contributed by atoms with Crippen molar-refractivity contribution >= 4 is 22.8 Å². The Morgan fingerprint density at radius 3 is 2.35 bits per heavy atom. The third-order valence-electron chi connectivity index (χ3n) is 3.63. The number of hydrogen-bond acceptors (Lipinski definition) is 5. The van der Waals surface area contributed by atoms with E-state index in [2.05, 4.69) is 15.4 Å². The summed E-state index contributed by atoms with van der Waals surface area (Å²) in [5.41, 5.74) is -2.36. The van der Waals surface area contributed by atoms with E-state index in [1.165, 1.54) is 12.1 Å². The van der Waals surface area contributed by atoms with Crippen LogP contribution in [0.15, 0.2) is 41.2 Å². The zero-order chi connectivity index (χ0) is 19.1. The van der Waals surface area contributed by atoms with Gasteiger partial charge in [-0.2, -0.15) is 18.3 Å². The molecule has 2 aromatic heterocycles. The molecule has 0 aliphatic heterocycles. The molecule has 0 saturated heterocycles. The molecule has 0 bridgehead atoms. The third-order valence-corrected chi connectivity index (χ3v) is 3.63. The van der Waals surface area contributed by atoms with Crippen molar-refractivity contribution in [2.75, 3.05) is 12.4 Å². The van der Waals surface area contributed by atoms with E-state index in [1.54, 1.807) is 7.05 Å². The van der Waals surface area contributed by atoms with Gasteiger partial charge in [-0.25, -0.2) is 14.5 Å². The first kappa shape index (κ1) is 17.4. The number of pyridine rings is 1. The lowest BCUT2D eigenvalue weighted by molar-refractivity contribution is -0.137. The van der Waals surface area contributed by atoms with Gasteiger partial charge in [0, 0.05) is 7.05 Å². The van der Waals surface area contributed by atoms with Gasteiger partial charge in [-0.15, -0.1) is 0 Å². The number of alkyl halides is 3. The first-order chi connectivity index (χ1) is 12.2. The lowest BCUT2D eigenvalue weighted by Gasteiger charge is -2.12. The van der Waals surface area contributed by atoms with Crippen molar-refractivity contribution in [3.05, 3.63) is 57.9 Å². The van der Waals surface area contributed by atoms with Gasteiger partial charge in [0.25, 0.3) is 0 Å². The number of anilines is 1. The normalized spacial score (nSPS) is 11.5. The van der Waals surface area contributed by atoms with Gasteiger partial charge in [0.1, 0.15) is 11.3 Å². The maximum atomic E-state index is 12.7. The fourth-order valence-corrected chi connectivity index (χ4v) is 2.37. The number of halogens is 3. The molecule has 2 N–H and O–H groups in total. The number of carboxylic acid groups (broad SMARTS) is 1. The Kier molecular flexibility index (Phi) is 4.10. The molecule has 7 nitrogen and oxygen atoms in total. The van der Waals surface area contributed by atoms with E-state index in [-0.39, 0.29) is 16.7 Å². The van der Waals surface area contributed by atoms with Gasteiger partial charge in [0.05, 0.1) is 16.8 Å². The van der Waals surface area contributed by atoms with E-state index in [4.69, 9.17) is 0 Å². The topological polar surface area (TPSA) is 97.1 Å². The average molecular weight is 364 g/mol. The first-order valence-corrected chi connectivity index (χ1v) is 7.25. The van der Waals surface area contributed by atoms with Gasteiger partial charge in [-0.1, -0.05) is 0 Å². The Morgan fingerprint density at radius 1 is 1.15 bits per heavy atom. The number of nitrogens with zero attached hydrogens (tertiary/aromatic N) is 3. The van der Waals surface area contributed by atoms with Crippen LogP contribution in [0.3, 0.4) is 0 Å². The molecular weight excluding hydrogens is 353 g/mol. The van der Waals surface area contributed by atoms with Crippen molar-refractivity contribution in [1.29, 1.82) is 0 Å². The minimum atomic E-state index is -4.51. The molecule has 0 aliphatic rings. The summed E-state index contributed by atoms with van der Waals surface area (Å²) in [7, 11) is 1.57. The van der Waals surface area contributed by atoms with Crippen LogP contribution in [0.1, 0.15) is 16.1 Å². The van der Waals surface area contributed by atoms with E-state index in [0.717, 1.165) is 28.9 Å². The third kappa shape index (κ3) is 2.96. The van der Waals surface area contributed by atoms with Crippen LogP contribution in [0.25, 0.3) is 16.7 Å². The number of benzene rings is 1. The van der Waals surface area contributed by atoms with Gasteiger partial charge >= 0.3 is 12.1 Å². The summed E-state index contributed by atoms with van der Waals surface area (Å²) >= 11 is 0. The summed E-state index contributed by atoms with van der Waals surface area (Å²) in [5.74, 6) is -1.23. The molecule has 3 aromatic rings. The minimum absolute atomic E-state index is 0.157. The standard InChI is InChI=1S/C16H11F3N4O3/c1-20-11-7-6-10-12(21-11)14(24)13(15(25)26)22-23(10)9-4-2-8(3-5-9)16(17,18)19/h2-7H,1H3,(H,20,21)(H,25,26). The molecule has 1 aromatic carbocycles. The van der Waals surface area contributed by atoms with Crippen molar-refractivity contribution in [2.24, 2.45) is 0 Å². The fourth-order valence-electron chi connectivity index (χ4n) is 2.37. The van der Waals surface area contributed by atoms with Crippen LogP contribution < -0.4 is 10.7 Å². The highest BCUT2D eigenvalue weighted by Gasteiger charge is 2.30. The summed E-state index contributed by atoms with van der Waals surface area (Å²) in [6.45, 7) is 0. The SMILES string of the molecule is CNc1ccc2c(n1)c(=O)c(C(=O)O)nn2-c1ccc(C(F)(F)F)cc1. The van der Waals surface area contributed by atoms with Crippen LogP contribution in [0.5, 0.6) is 0 Å². The fraction of sp³-hybridized carbons (Fsp3) is 0.125. The molecule has 10 heteroatoms. The lowest BCUT2D eigenvalue weighted by Crippen LogP contribution is -2.23. The number of aromatic nitrogens is 3. The van der Waals surface area contributed by atoms with Crippen LogP contribution >= 0.6 is 0 Å². The average Bonchev–Trinajstić information content (AvgIpc) is 2.61. The van der Waals surface area contributed by atoms with E-state index < -0.39 is 28.8 Å². The summed E-state index contributed by atoms with van der Waals surface area (Å²) in [6.07, 6.45) is -4.51. The second kappa shape index (κ2) is 6.14. The van der Waals surface area contributed by atoms with Crippen LogP contribution in [-0.4, -0.2) is 32.9 Å². The predicted octanol–water partition coefficient (Wildman–Crippen LogP) is 2.54. The maximum absolute atomic E-state index is 12.7. The van der Waals surface area contributed by atoms with Gasteiger partial charge < -0.3 is 10.4 Å². The maximum Gasteiger partial charge on any atom is 0.416 e. The van der Waals surface area contributed by atoms with Crippen molar-refractivity contribution in [3.63, 3.8) is 0 Å². The molecule has 26 heavy (non-hydrogen) atoms. The largest absolute Gasteiger partial charge is 0.476 e. The second-order valence-corrected chi connectivity index (χ2v) is 5.25. The summed E-state index contributed by atoms with van der Waals surface area (Å²) in [5, 5.41) is 15.7. The van der Waals surface area contributed by atoms with Crippen molar-refractivity contribution < 1.29 is 23.1 Å². The van der Waals surface area contributed by atoms with Crippen molar-refractivity contribution in [1.82, 2.24) is 14.8 Å². The van der Waals surface area contributed by atoms with Crippen LogP contribution in [-0.2, 0) is 6.18 Å². The molecule has 0 amide bonds. The number of aromatic carboxylic acids is 1. The number of hydrogen-bond donors (Lipinski definition) is 2. The lowest BCUT2D eigenvalue weighted by atomic mass is 10.2. The number of rotatable bonds is 3. The van der Waals surface area contributed by atoms with E-state index >= 15 is 0 Å². The van der Waals surface area contributed by atoms with Gasteiger partial charge in [0.15, 0.2) is 0 Å². The minimum Gasteiger partial charge on any atom is -0.476 e. The Balaban J connectivity index is 2.30. The van der Waals surface area contributed by atoms with Crippen molar-refractivity contribution in [2.45, 2.75) is 6.18 Å². The summed E-state index contributed by atoms with van der Waals surface area (Å²) < 4.78 is 39.2. The molecule has 3 rings (SSSR count). The monoisotopic (exact) mass is 364 g/mol. The van der Waals surface area contributed by atoms with E-state index in [9.17, 15) is 27.9 Å². The van der Waals surface area contributed by atoms with E-state index in [1.807, 2.05) is 0 Å². The molecule has 0 radical (unpaired) electrons. The summed E-state index contributed by atoms with van der Waals surface area (Å²) in [4.78, 5) is 27.7. The smallest absolute Gasteiger partial charge is 0.416 e. The quantitative estimate of drug-likeness (QED) is 0.741. The van der Waals surface area contributed by atoms with Gasteiger partial charge in [-0.05, 0) is 36.4 Å². The Morgan fingerprint density at radius 2 is 1.81 bits per heavy atom. The highest BCUT2D eigenvalue weighted by molar-refractivity contribution is 5.90. The molecule has 0 fully saturated rings. The Bertz CT molecular complexity index is 1060. The molecular formula is C16H11F3N4O3. The molecule has 0 unspecified atom stereocenters. The Hall–Kier alpha value is -3.43. The van der Waals surface area contributed by atoms with Crippen LogP contribution in [0.2, 0.25) is 0 Å². The molecule has 2 heterocycles. The van der Waals surface area contributed by atoms with Crippen molar-refractivity contribution in [3.8, 4) is 5.69 Å². The number of fused-ring (bicyclic) bond motifs is 1. The first-order valence-electron chi connectivity index (χ1n) is 7.25. The van der Waals surface area contributed by atoms with Gasteiger partial charge in [0.2, 0.25) is 11.1 Å². The Labute approximate surface area is 143 Å². The van der Waals surface area contributed by atoms with Gasteiger partial charge in [-0.3, -0.25) is 4.79 Å². The molecule has 134 valence electrons. The molecule has 0 spiro atoms. The van der Waals surface area contributed by atoms with E-state index in [0.29, 0.717) is 5.82 Å². The molecule has 0 saturated carbocycles. The highest BCUT2D eigenvalue weighted by Crippen LogP contribution is 2.29. The van der Waals surface area contributed by atoms with Crippen LogP contribution in [0, 0.1) is 0 Å². The number of carboxylic acids is 1. The number of nitrogens with one attached hydrogen (secondary N) is 1. The zero-order valence-corrected chi connectivity index (χ0v) is 13.2. The summed E-state index contributed by atoms with van der Waals surface area (Å²) in [6, 6.07) is 6.97. The second-order valence-electron chi connectivity index (χ2n) is 5.25. The highest BCUT2D eigenvalue weighted by atomic mass is 19.4. The van der Waals surface area contributed by atoms with Crippen LogP contribution in [0.4, 0.5) is 19.0 Å². The molecule has 0 aliphatic carbocycles. The molecule has 0 atom stereocenters.